The van der Waals surface area contributed by atoms with Crippen molar-refractivity contribution < 1.29 is 19.9 Å². The molecule has 1 aliphatic heterocycles. The number of H-pyrrole nitrogens is 1. The number of nitrogens with zero attached hydrogens (tertiary/aromatic N) is 6. The van der Waals surface area contributed by atoms with Crippen LogP contribution < -0.4 is 10.5 Å². The van der Waals surface area contributed by atoms with E-state index >= 15 is 0 Å². The number of para-hydroxylation sites is 1. The van der Waals surface area contributed by atoms with Crippen LogP contribution in [0.3, 0.4) is 0 Å². The van der Waals surface area contributed by atoms with Crippen molar-refractivity contribution in [1.82, 2.24) is 24.8 Å². The lowest BCUT2D eigenvalue weighted by Gasteiger charge is -2.27. The maximum absolute atomic E-state index is 13.9. The predicted molar refractivity (Wildman–Crippen MR) is 166 cm³/mol. The highest BCUT2D eigenvalue weighted by molar-refractivity contribution is 6.07. The van der Waals surface area contributed by atoms with Crippen molar-refractivity contribution in [2.75, 3.05) is 11.5 Å². The van der Waals surface area contributed by atoms with Crippen molar-refractivity contribution in [2.45, 2.75) is 38.5 Å². The minimum Gasteiger partial charge on any atom is -0.396 e. The molecule has 1 amide bonds. The van der Waals surface area contributed by atoms with Crippen LogP contribution in [0.1, 0.15) is 30.2 Å². The topological polar surface area (TPSA) is 172 Å². The number of anilines is 1. The van der Waals surface area contributed by atoms with Gasteiger partial charge in [0.15, 0.2) is 5.60 Å². The van der Waals surface area contributed by atoms with E-state index in [9.17, 15) is 24.8 Å². The van der Waals surface area contributed by atoms with Crippen molar-refractivity contribution in [2.24, 2.45) is 5.92 Å². The monoisotopic (exact) mass is 609 g/mol. The average Bonchev–Trinajstić information content (AvgIpc) is 3.70. The predicted octanol–water partition coefficient (Wildman–Crippen LogP) is 3.37. The lowest BCUT2D eigenvalue weighted by molar-refractivity contribution is -0.385. The lowest BCUT2D eigenvalue weighted by atomic mass is 9.82. The smallest absolute Gasteiger partial charge is 0.279 e. The number of nitro groups is 1. The first kappa shape index (κ1) is 29.7. The fourth-order valence-electron chi connectivity index (χ4n) is 5.70. The second-order valence-corrected chi connectivity index (χ2v) is 11.0. The van der Waals surface area contributed by atoms with Gasteiger partial charge in [-0.2, -0.15) is 0 Å². The number of fused-ring (bicyclic) bond motifs is 2. The number of hydrogen-bond donors (Lipinski definition) is 3. The molecule has 3 N–H and O–H groups in total. The number of aliphatic hydroxyl groups excluding tert-OH is 1. The molecule has 0 bridgehead atoms. The molecule has 0 saturated carbocycles. The van der Waals surface area contributed by atoms with Crippen molar-refractivity contribution >= 4 is 28.2 Å². The first-order valence-corrected chi connectivity index (χ1v) is 14.5. The zero-order valence-electron chi connectivity index (χ0n) is 24.4. The number of rotatable bonds is 11. The highest BCUT2D eigenvalue weighted by atomic mass is 16.6. The number of amides is 1. The Kier molecular flexibility index (Phi) is 7.87. The largest absolute Gasteiger partial charge is 0.396 e. The molecule has 13 nitrogen and oxygen atoms in total. The van der Waals surface area contributed by atoms with E-state index in [0.717, 1.165) is 5.56 Å². The van der Waals surface area contributed by atoms with Crippen molar-refractivity contribution in [3.05, 3.63) is 122 Å². The molecule has 0 radical (unpaired) electrons. The third-order valence-corrected chi connectivity index (χ3v) is 8.15. The SMILES string of the molecule is C[C@@H](/C=C/CCn1cc(CCO)nn1)[C@]1(O)C(=O)N(Cc2ccc(-n3[nH]c4ccccc4c3=O)cc2)c2ccc([N+](=O)[O-])cc21. The lowest BCUT2D eigenvalue weighted by Crippen LogP contribution is -2.44. The second kappa shape index (κ2) is 11.9. The molecule has 1 aliphatic rings. The van der Waals surface area contributed by atoms with Gasteiger partial charge >= 0.3 is 0 Å². The number of nitro benzene ring substituents is 1. The molecular formula is C32H31N7O6. The number of allylic oxidation sites excluding steroid dienone is 1. The highest BCUT2D eigenvalue weighted by Gasteiger charge is 2.53. The van der Waals surface area contributed by atoms with Gasteiger partial charge in [-0.3, -0.25) is 29.5 Å². The van der Waals surface area contributed by atoms with Crippen molar-refractivity contribution in [3.63, 3.8) is 0 Å². The summed E-state index contributed by atoms with van der Waals surface area (Å²) in [5.74, 6) is -1.30. The summed E-state index contributed by atoms with van der Waals surface area (Å²) in [6.45, 7) is 2.29. The van der Waals surface area contributed by atoms with Crippen LogP contribution in [-0.4, -0.2) is 52.4 Å². The fourth-order valence-corrected chi connectivity index (χ4v) is 5.70. The van der Waals surface area contributed by atoms with Crippen LogP contribution in [0.15, 0.2) is 89.9 Å². The Hall–Kier alpha value is -5.40. The van der Waals surface area contributed by atoms with E-state index in [-0.39, 0.29) is 30.0 Å². The number of nitrogens with one attached hydrogen (secondary N) is 1. The molecule has 0 saturated heterocycles. The standard InChI is InChI=1S/C32H31N7O6/c1-21(6-4-5-16-36-20-23(15-17-40)33-35-36)32(43)27-18-25(39(44)45)13-14-29(27)37(31(32)42)19-22-9-11-24(12-10-22)38-30(41)26-7-2-3-8-28(26)34-38/h2-4,6-14,18,20-21,34,40,43H,5,15-17,19H2,1H3/b6-4+/t21-,32+/m0/s1. The van der Waals surface area contributed by atoms with E-state index < -0.39 is 22.3 Å². The molecule has 2 aromatic heterocycles. The van der Waals surface area contributed by atoms with Gasteiger partial charge in [-0.05, 0) is 42.3 Å². The number of aromatic amines is 1. The first-order valence-electron chi connectivity index (χ1n) is 14.5. The van der Waals surface area contributed by atoms with Crippen molar-refractivity contribution in [3.8, 4) is 5.69 Å². The van der Waals surface area contributed by atoms with E-state index in [0.29, 0.717) is 47.4 Å². The van der Waals surface area contributed by atoms with Gasteiger partial charge < -0.3 is 15.1 Å². The molecule has 230 valence electrons. The van der Waals surface area contributed by atoms with Crippen LogP contribution in [-0.2, 0) is 29.9 Å². The van der Waals surface area contributed by atoms with Gasteiger partial charge in [0, 0.05) is 49.4 Å². The Bertz CT molecular complexity index is 1980. The minimum atomic E-state index is -2.03. The first-order chi connectivity index (χ1) is 21.7. The maximum atomic E-state index is 13.9. The zero-order chi connectivity index (χ0) is 31.7. The number of aryl methyl sites for hydroxylation is 1. The maximum Gasteiger partial charge on any atom is 0.279 e. The van der Waals surface area contributed by atoms with Gasteiger partial charge in [-0.25, -0.2) is 4.68 Å². The van der Waals surface area contributed by atoms with E-state index in [1.807, 2.05) is 18.2 Å². The van der Waals surface area contributed by atoms with Gasteiger partial charge in [0.25, 0.3) is 17.2 Å². The Labute approximate surface area is 256 Å². The number of carbonyl (C=O) groups excluding carboxylic acids is 1. The molecule has 0 unspecified atom stereocenters. The quantitative estimate of drug-likeness (QED) is 0.116. The summed E-state index contributed by atoms with van der Waals surface area (Å²) in [5, 5.41) is 44.3. The molecule has 13 heteroatoms. The van der Waals surface area contributed by atoms with Crippen LogP contribution >= 0.6 is 0 Å². The Balaban J connectivity index is 1.24. The Morgan fingerprint density at radius 1 is 1.11 bits per heavy atom. The van der Waals surface area contributed by atoms with Crippen LogP contribution in [0.25, 0.3) is 16.6 Å². The highest BCUT2D eigenvalue weighted by Crippen LogP contribution is 2.47. The molecule has 6 rings (SSSR count). The van der Waals surface area contributed by atoms with Crippen molar-refractivity contribution in [1.29, 1.82) is 0 Å². The molecule has 3 heterocycles. The van der Waals surface area contributed by atoms with Crippen LogP contribution in [0, 0.1) is 16.0 Å². The van der Waals surface area contributed by atoms with Gasteiger partial charge in [-0.15, -0.1) is 5.10 Å². The molecule has 0 aliphatic carbocycles. The van der Waals surface area contributed by atoms with Crippen LogP contribution in [0.2, 0.25) is 0 Å². The summed E-state index contributed by atoms with van der Waals surface area (Å²) < 4.78 is 3.10. The summed E-state index contributed by atoms with van der Waals surface area (Å²) in [5.41, 5.74) is 0.883. The molecule has 0 spiro atoms. The van der Waals surface area contributed by atoms with E-state index in [4.69, 9.17) is 5.11 Å². The van der Waals surface area contributed by atoms with Crippen LogP contribution in [0.5, 0.6) is 0 Å². The van der Waals surface area contributed by atoms with Gasteiger partial charge in [-0.1, -0.05) is 48.6 Å². The number of aliphatic hydroxyl groups is 2. The summed E-state index contributed by atoms with van der Waals surface area (Å²) in [7, 11) is 0. The third kappa shape index (κ3) is 5.43. The zero-order valence-corrected chi connectivity index (χ0v) is 24.4. The molecule has 45 heavy (non-hydrogen) atoms. The Morgan fingerprint density at radius 3 is 2.62 bits per heavy atom. The van der Waals surface area contributed by atoms with Gasteiger partial charge in [0.05, 0.1) is 39.4 Å². The molecule has 3 aromatic carbocycles. The average molecular weight is 610 g/mol. The normalized spacial score (nSPS) is 17.0. The van der Waals surface area contributed by atoms with E-state index in [1.165, 1.54) is 27.8 Å². The third-order valence-electron chi connectivity index (χ3n) is 8.15. The van der Waals surface area contributed by atoms with E-state index in [2.05, 4.69) is 15.4 Å². The van der Waals surface area contributed by atoms with E-state index in [1.54, 1.807) is 60.3 Å². The molecular weight excluding hydrogens is 578 g/mol. The summed E-state index contributed by atoms with van der Waals surface area (Å²) in [4.78, 5) is 39.3. The number of carbonyl (C=O) groups is 1. The number of hydrogen-bond acceptors (Lipinski definition) is 8. The number of aromatic nitrogens is 5. The minimum absolute atomic E-state index is 0.0168. The molecule has 5 aromatic rings. The van der Waals surface area contributed by atoms with Gasteiger partial charge in [0.1, 0.15) is 0 Å². The molecule has 2 atom stereocenters. The number of benzene rings is 3. The summed E-state index contributed by atoms with van der Waals surface area (Å²) in [6.07, 6.45) is 6.25. The number of non-ortho nitro benzene ring substituents is 1. The molecule has 0 fully saturated rings. The fraction of sp³-hybridized carbons (Fsp3) is 0.250. The van der Waals surface area contributed by atoms with Gasteiger partial charge in [0.2, 0.25) is 0 Å². The summed E-state index contributed by atoms with van der Waals surface area (Å²) in [6, 6.07) is 18.4. The van der Waals surface area contributed by atoms with Crippen LogP contribution in [0.4, 0.5) is 11.4 Å². The Morgan fingerprint density at radius 2 is 1.89 bits per heavy atom. The summed E-state index contributed by atoms with van der Waals surface area (Å²) >= 11 is 0. The second-order valence-electron chi connectivity index (χ2n) is 11.0.